The highest BCUT2D eigenvalue weighted by atomic mass is 35.5. The summed E-state index contributed by atoms with van der Waals surface area (Å²) < 4.78 is 0. The second-order valence-corrected chi connectivity index (χ2v) is 4.25. The first-order valence-corrected chi connectivity index (χ1v) is 5.89. The van der Waals surface area contributed by atoms with Gasteiger partial charge >= 0.3 is 0 Å². The fraction of sp³-hybridized carbons (Fsp3) is 0.250. The van der Waals surface area contributed by atoms with E-state index in [1.54, 1.807) is 12.3 Å². The smallest absolute Gasteiger partial charge is 0.128 e. The minimum absolute atomic E-state index is 0.119. The molecule has 4 N–H and O–H groups in total. The monoisotopic (exact) mass is 250 g/mol. The Balaban J connectivity index is 2.19. The van der Waals surface area contributed by atoms with Crippen LogP contribution in [0, 0.1) is 0 Å². The lowest BCUT2D eigenvalue weighted by Gasteiger charge is -2.17. The van der Waals surface area contributed by atoms with E-state index < -0.39 is 0 Å². The van der Waals surface area contributed by atoms with Crippen LogP contribution in [0.2, 0.25) is 5.02 Å². The highest BCUT2D eigenvalue weighted by Crippen LogP contribution is 2.27. The Hall–Kier alpha value is -1.68. The summed E-state index contributed by atoms with van der Waals surface area (Å²) in [5.41, 5.74) is 7.41. The van der Waals surface area contributed by atoms with Crippen LogP contribution in [-0.2, 0) is 0 Å². The van der Waals surface area contributed by atoms with Gasteiger partial charge < -0.3 is 16.0 Å². The molecular formula is C12H15ClN4. The molecule has 0 aliphatic carbocycles. The first kappa shape index (κ1) is 11.8. The van der Waals surface area contributed by atoms with Crippen molar-refractivity contribution in [3.05, 3.63) is 41.4 Å². The van der Waals surface area contributed by atoms with Crippen LogP contribution >= 0.6 is 11.6 Å². The Bertz CT molecular complexity index is 481. The third-order valence-corrected chi connectivity index (χ3v) is 2.84. The molecule has 5 heteroatoms. The molecule has 0 saturated heterocycles. The number of hydrogen-bond acceptors (Lipinski definition) is 3. The maximum Gasteiger partial charge on any atom is 0.128 e. The van der Waals surface area contributed by atoms with Crippen LogP contribution in [-0.4, -0.2) is 9.97 Å². The second-order valence-electron chi connectivity index (χ2n) is 3.81. The van der Waals surface area contributed by atoms with E-state index >= 15 is 0 Å². The molecule has 90 valence electrons. The Morgan fingerprint density at radius 2 is 2.35 bits per heavy atom. The van der Waals surface area contributed by atoms with Gasteiger partial charge in [0.25, 0.3) is 0 Å². The lowest BCUT2D eigenvalue weighted by molar-refractivity contribution is 0.704. The number of H-pyrrole nitrogens is 1. The summed E-state index contributed by atoms with van der Waals surface area (Å²) in [4.78, 5) is 7.34. The Kier molecular flexibility index (Phi) is 3.54. The van der Waals surface area contributed by atoms with Gasteiger partial charge in [0, 0.05) is 17.4 Å². The van der Waals surface area contributed by atoms with E-state index in [0.717, 1.165) is 17.9 Å². The quantitative estimate of drug-likeness (QED) is 0.730. The van der Waals surface area contributed by atoms with Gasteiger partial charge in [0.1, 0.15) is 5.82 Å². The number of hydrogen-bond donors (Lipinski definition) is 3. The maximum atomic E-state index is 5.90. The predicted octanol–water partition coefficient (Wildman–Crippen LogP) is 3.21. The highest BCUT2D eigenvalue weighted by molar-refractivity contribution is 6.31. The van der Waals surface area contributed by atoms with Gasteiger partial charge in [0.15, 0.2) is 0 Å². The predicted molar refractivity (Wildman–Crippen MR) is 71.1 cm³/mol. The summed E-state index contributed by atoms with van der Waals surface area (Å²) in [6.07, 6.45) is 4.46. The number of nitrogens with one attached hydrogen (secondary N) is 2. The molecule has 0 amide bonds. The Morgan fingerprint density at radius 1 is 1.53 bits per heavy atom. The van der Waals surface area contributed by atoms with Crippen molar-refractivity contribution in [3.8, 4) is 0 Å². The molecule has 4 nitrogen and oxygen atoms in total. The molecule has 1 atom stereocenters. The van der Waals surface area contributed by atoms with Gasteiger partial charge in [-0.25, -0.2) is 4.98 Å². The number of halogens is 1. The number of nitrogens with zero attached hydrogens (tertiary/aromatic N) is 1. The lowest BCUT2D eigenvalue weighted by atomic mass is 10.2. The highest BCUT2D eigenvalue weighted by Gasteiger charge is 2.12. The van der Waals surface area contributed by atoms with Crippen LogP contribution in [0.1, 0.15) is 25.2 Å². The summed E-state index contributed by atoms with van der Waals surface area (Å²) in [6, 6.07) is 5.55. The first-order chi connectivity index (χ1) is 8.20. The fourth-order valence-electron chi connectivity index (χ4n) is 1.68. The van der Waals surface area contributed by atoms with Gasteiger partial charge in [-0.2, -0.15) is 0 Å². The van der Waals surface area contributed by atoms with Crippen LogP contribution in [0.5, 0.6) is 0 Å². The molecule has 1 heterocycles. The molecule has 0 fully saturated rings. The molecule has 0 saturated carbocycles. The summed E-state index contributed by atoms with van der Waals surface area (Å²) in [5, 5.41) is 3.99. The third kappa shape index (κ3) is 2.71. The number of aromatic amines is 1. The maximum absolute atomic E-state index is 5.90. The average molecular weight is 251 g/mol. The minimum atomic E-state index is 0.119. The molecule has 0 spiro atoms. The number of nitrogens with two attached hydrogens (primary N) is 1. The summed E-state index contributed by atoms with van der Waals surface area (Å²) in [7, 11) is 0. The molecule has 0 radical (unpaired) electrons. The van der Waals surface area contributed by atoms with E-state index in [9.17, 15) is 0 Å². The zero-order valence-corrected chi connectivity index (χ0v) is 10.3. The molecule has 1 unspecified atom stereocenters. The normalized spacial score (nSPS) is 12.4. The lowest BCUT2D eigenvalue weighted by Crippen LogP contribution is -2.12. The number of aromatic nitrogens is 2. The largest absolute Gasteiger partial charge is 0.397 e. The van der Waals surface area contributed by atoms with Crippen molar-refractivity contribution in [2.75, 3.05) is 11.1 Å². The summed E-state index contributed by atoms with van der Waals surface area (Å²) >= 11 is 5.86. The molecule has 0 aliphatic heterocycles. The molecule has 1 aromatic carbocycles. The van der Waals surface area contributed by atoms with Gasteiger partial charge in [0.2, 0.25) is 0 Å². The number of rotatable bonds is 4. The van der Waals surface area contributed by atoms with Gasteiger partial charge in [-0.1, -0.05) is 18.5 Å². The van der Waals surface area contributed by atoms with Crippen LogP contribution in [0.15, 0.2) is 30.6 Å². The molecule has 2 aromatic rings. The van der Waals surface area contributed by atoms with Crippen molar-refractivity contribution in [2.24, 2.45) is 0 Å². The third-order valence-electron chi connectivity index (χ3n) is 2.60. The van der Waals surface area contributed by atoms with E-state index in [2.05, 4.69) is 22.2 Å². The summed E-state index contributed by atoms with van der Waals surface area (Å²) in [6.45, 7) is 2.09. The van der Waals surface area contributed by atoms with Crippen molar-refractivity contribution in [3.63, 3.8) is 0 Å². The molecule has 1 aromatic heterocycles. The zero-order chi connectivity index (χ0) is 12.3. The van der Waals surface area contributed by atoms with Crippen LogP contribution in [0.4, 0.5) is 11.4 Å². The van der Waals surface area contributed by atoms with E-state index in [1.807, 2.05) is 18.3 Å². The zero-order valence-electron chi connectivity index (χ0n) is 9.57. The van der Waals surface area contributed by atoms with Crippen molar-refractivity contribution in [1.82, 2.24) is 9.97 Å². The molecule has 0 bridgehead atoms. The van der Waals surface area contributed by atoms with Gasteiger partial charge in [-0.15, -0.1) is 0 Å². The van der Waals surface area contributed by atoms with Gasteiger partial charge in [-0.3, -0.25) is 0 Å². The van der Waals surface area contributed by atoms with E-state index in [1.165, 1.54) is 0 Å². The molecule has 17 heavy (non-hydrogen) atoms. The topological polar surface area (TPSA) is 66.7 Å². The minimum Gasteiger partial charge on any atom is -0.397 e. The molecule has 0 aliphatic rings. The van der Waals surface area contributed by atoms with E-state index in [0.29, 0.717) is 10.7 Å². The fourth-order valence-corrected chi connectivity index (χ4v) is 1.87. The Morgan fingerprint density at radius 3 is 2.94 bits per heavy atom. The second kappa shape index (κ2) is 5.10. The van der Waals surface area contributed by atoms with E-state index in [4.69, 9.17) is 17.3 Å². The first-order valence-electron chi connectivity index (χ1n) is 5.51. The van der Waals surface area contributed by atoms with Crippen molar-refractivity contribution in [2.45, 2.75) is 19.4 Å². The average Bonchev–Trinajstić information content (AvgIpc) is 2.81. The van der Waals surface area contributed by atoms with Crippen LogP contribution in [0.3, 0.4) is 0 Å². The number of imidazole rings is 1. The number of benzene rings is 1. The van der Waals surface area contributed by atoms with Crippen LogP contribution in [0.25, 0.3) is 0 Å². The van der Waals surface area contributed by atoms with Crippen molar-refractivity contribution in [1.29, 1.82) is 0 Å². The number of anilines is 2. The Labute approximate surface area is 105 Å². The van der Waals surface area contributed by atoms with Gasteiger partial charge in [-0.05, 0) is 24.6 Å². The van der Waals surface area contributed by atoms with Gasteiger partial charge in [0.05, 0.1) is 17.4 Å². The number of nitrogen functional groups attached to an aromatic ring is 1. The van der Waals surface area contributed by atoms with Crippen molar-refractivity contribution < 1.29 is 0 Å². The standard InChI is InChI=1S/C12H15ClN4/c1-2-10(12-15-5-6-16-12)17-11-4-3-8(13)7-9(11)14/h3-7,10,17H,2,14H2,1H3,(H,15,16). The van der Waals surface area contributed by atoms with E-state index in [-0.39, 0.29) is 6.04 Å². The summed E-state index contributed by atoms with van der Waals surface area (Å²) in [5.74, 6) is 0.904. The SMILES string of the molecule is CCC(Nc1ccc(Cl)cc1N)c1ncc[nH]1. The molecular weight excluding hydrogens is 236 g/mol. The van der Waals surface area contributed by atoms with Crippen molar-refractivity contribution >= 4 is 23.0 Å². The van der Waals surface area contributed by atoms with Crippen LogP contribution < -0.4 is 11.1 Å². The molecule has 2 rings (SSSR count).